The number of hydrogen-bond donors (Lipinski definition) is 0. The molecule has 0 bridgehead atoms. The van der Waals surface area contributed by atoms with Crippen LogP contribution in [0.2, 0.25) is 25.7 Å². The van der Waals surface area contributed by atoms with Crippen molar-refractivity contribution in [1.29, 1.82) is 0 Å². The maximum Gasteiger partial charge on any atom is 0.337 e. The van der Waals surface area contributed by atoms with Gasteiger partial charge in [-0.1, -0.05) is 68.2 Å². The maximum atomic E-state index is 14.4. The van der Waals surface area contributed by atoms with Crippen molar-refractivity contribution < 1.29 is 23.8 Å². The lowest BCUT2D eigenvalue weighted by Gasteiger charge is -2.22. The number of para-hydroxylation sites is 1. The minimum atomic E-state index is -1.16. The molecule has 0 fully saturated rings. The summed E-state index contributed by atoms with van der Waals surface area (Å²) >= 11 is 0. The van der Waals surface area contributed by atoms with Crippen molar-refractivity contribution in [3.8, 4) is 34.0 Å². The average Bonchev–Trinajstić information content (AvgIpc) is 3.98. The van der Waals surface area contributed by atoms with Crippen LogP contribution in [0.1, 0.15) is 44.3 Å². The van der Waals surface area contributed by atoms with Crippen LogP contribution in [0.25, 0.3) is 28.2 Å². The van der Waals surface area contributed by atoms with Gasteiger partial charge in [0.25, 0.3) is 5.91 Å². The lowest BCUT2D eigenvalue weighted by molar-refractivity contribution is 0.0600. The normalized spacial score (nSPS) is 14.2. The summed E-state index contributed by atoms with van der Waals surface area (Å²) in [5.74, 6) is -0.158. The van der Waals surface area contributed by atoms with E-state index in [1.807, 2.05) is 101 Å². The number of benzene rings is 4. The number of imidazole rings is 1. The van der Waals surface area contributed by atoms with E-state index in [-0.39, 0.29) is 11.5 Å². The number of methoxy groups -OCH3 is 2. The van der Waals surface area contributed by atoms with Crippen LogP contribution in [-0.2, 0) is 16.2 Å². The first kappa shape index (κ1) is 37.2. The van der Waals surface area contributed by atoms with Gasteiger partial charge in [0.1, 0.15) is 12.5 Å². The Labute approximate surface area is 321 Å². The Bertz CT molecular complexity index is 2310. The monoisotopic (exact) mass is 752 g/mol. The van der Waals surface area contributed by atoms with Gasteiger partial charge in [-0.3, -0.25) is 4.79 Å². The predicted molar refractivity (Wildman–Crippen MR) is 215 cm³/mol. The molecule has 2 aromatic heterocycles. The van der Waals surface area contributed by atoms with Crippen molar-refractivity contribution >= 4 is 25.7 Å². The van der Waals surface area contributed by atoms with Gasteiger partial charge in [0.15, 0.2) is 0 Å². The van der Waals surface area contributed by atoms with E-state index < -0.39 is 20.1 Å². The van der Waals surface area contributed by atoms with Crippen LogP contribution in [0, 0.1) is 0 Å². The molecule has 0 spiro atoms. The highest BCUT2D eigenvalue weighted by atomic mass is 28.3. The second kappa shape index (κ2) is 16.1. The third kappa shape index (κ3) is 8.50. The number of carbonyl (C=O) groups is 2. The molecule has 1 aliphatic rings. The summed E-state index contributed by atoms with van der Waals surface area (Å²) < 4.78 is 20.1. The summed E-state index contributed by atoms with van der Waals surface area (Å²) in [5, 5.41) is 11.6. The summed E-state index contributed by atoms with van der Waals surface area (Å²) in [4.78, 5) is 31.5. The Morgan fingerprint density at radius 1 is 0.818 bits per heavy atom. The van der Waals surface area contributed by atoms with Gasteiger partial charge in [0.2, 0.25) is 0 Å². The second-order valence-corrected chi connectivity index (χ2v) is 20.3. The van der Waals surface area contributed by atoms with Gasteiger partial charge in [0, 0.05) is 55.7 Å². The highest BCUT2D eigenvalue weighted by Gasteiger charge is 2.37. The first-order chi connectivity index (χ1) is 26.6. The van der Waals surface area contributed by atoms with Crippen molar-refractivity contribution in [3.05, 3.63) is 144 Å². The van der Waals surface area contributed by atoms with Gasteiger partial charge in [-0.05, 0) is 66.2 Å². The molecule has 0 saturated carbocycles. The van der Waals surface area contributed by atoms with Crippen LogP contribution in [0.4, 0.5) is 0 Å². The van der Waals surface area contributed by atoms with Gasteiger partial charge in [-0.25, -0.2) is 19.5 Å². The lowest BCUT2D eigenvalue weighted by Crippen LogP contribution is -2.27. The molecule has 1 unspecified atom stereocenters. The molecular formula is C43H44N6O5Si. The number of amides is 1. The number of hydrogen-bond acceptors (Lipinski definition) is 8. The van der Waals surface area contributed by atoms with Crippen molar-refractivity contribution in [2.75, 3.05) is 20.8 Å². The number of rotatable bonds is 13. The van der Waals surface area contributed by atoms with E-state index in [0.717, 1.165) is 57.7 Å². The highest BCUT2D eigenvalue weighted by Crippen LogP contribution is 2.40. The summed E-state index contributed by atoms with van der Waals surface area (Å²) in [6.07, 6.45) is 6.20. The van der Waals surface area contributed by atoms with E-state index in [2.05, 4.69) is 24.6 Å². The molecule has 280 valence electrons. The van der Waals surface area contributed by atoms with Crippen molar-refractivity contribution in [2.45, 2.75) is 44.9 Å². The predicted octanol–water partition coefficient (Wildman–Crippen LogP) is 8.50. The summed E-state index contributed by atoms with van der Waals surface area (Å²) in [6, 6.07) is 32.8. The summed E-state index contributed by atoms with van der Waals surface area (Å²) in [7, 11) is 1.77. The molecule has 6 aromatic rings. The topological polar surface area (TPSA) is 113 Å². The SMILES string of the molecule is COC(=O)c1cccc(C(=O)N2N=C(c3ccc(OC)cc3)CC2c2cn(-c3ccccc3)nc2-c2ccc(-c3cn(COCC[Si](C)(C)C)cn3)cc2)c1. The highest BCUT2D eigenvalue weighted by molar-refractivity contribution is 6.76. The van der Waals surface area contributed by atoms with Crippen molar-refractivity contribution in [3.63, 3.8) is 0 Å². The molecule has 11 nitrogen and oxygen atoms in total. The van der Waals surface area contributed by atoms with Crippen LogP contribution >= 0.6 is 0 Å². The number of aromatic nitrogens is 4. The molecule has 1 atom stereocenters. The zero-order valence-electron chi connectivity index (χ0n) is 31.7. The fourth-order valence-electron chi connectivity index (χ4n) is 6.42. The number of ether oxygens (including phenoxy) is 3. The fourth-order valence-corrected chi connectivity index (χ4v) is 7.18. The third-order valence-corrected chi connectivity index (χ3v) is 11.2. The largest absolute Gasteiger partial charge is 0.497 e. The summed E-state index contributed by atoms with van der Waals surface area (Å²) in [6.45, 7) is 8.23. The Morgan fingerprint density at radius 3 is 2.24 bits per heavy atom. The van der Waals surface area contributed by atoms with E-state index in [1.54, 1.807) is 37.7 Å². The number of esters is 1. The second-order valence-electron chi connectivity index (χ2n) is 14.6. The Kier molecular flexibility index (Phi) is 10.9. The van der Waals surface area contributed by atoms with E-state index >= 15 is 0 Å². The zero-order valence-corrected chi connectivity index (χ0v) is 32.7. The molecule has 4 aromatic carbocycles. The molecule has 1 amide bonds. The van der Waals surface area contributed by atoms with E-state index in [4.69, 9.17) is 24.4 Å². The van der Waals surface area contributed by atoms with Crippen LogP contribution < -0.4 is 4.74 Å². The van der Waals surface area contributed by atoms with E-state index in [1.165, 1.54) is 12.1 Å². The molecule has 12 heteroatoms. The number of carbonyl (C=O) groups excluding carboxylic acids is 2. The lowest BCUT2D eigenvalue weighted by atomic mass is 9.95. The summed E-state index contributed by atoms with van der Waals surface area (Å²) in [5.41, 5.74) is 7.29. The van der Waals surface area contributed by atoms with Gasteiger partial charge in [-0.2, -0.15) is 10.2 Å². The smallest absolute Gasteiger partial charge is 0.337 e. The Hall–Kier alpha value is -6.11. The molecule has 1 aliphatic heterocycles. The quantitative estimate of drug-likeness (QED) is 0.0661. The fraction of sp³-hybridized carbons (Fsp3) is 0.233. The molecule has 7 rings (SSSR count). The van der Waals surface area contributed by atoms with Crippen LogP contribution in [-0.4, -0.2) is 70.8 Å². The number of hydrazone groups is 1. The van der Waals surface area contributed by atoms with Gasteiger partial charge >= 0.3 is 5.97 Å². The Morgan fingerprint density at radius 2 is 1.53 bits per heavy atom. The minimum Gasteiger partial charge on any atom is -0.497 e. The number of nitrogens with zero attached hydrogens (tertiary/aromatic N) is 6. The van der Waals surface area contributed by atoms with E-state index in [0.29, 0.717) is 24.4 Å². The molecule has 3 heterocycles. The molecule has 55 heavy (non-hydrogen) atoms. The zero-order chi connectivity index (χ0) is 38.5. The van der Waals surface area contributed by atoms with Crippen LogP contribution in [0.3, 0.4) is 0 Å². The molecule has 0 aliphatic carbocycles. The first-order valence-corrected chi connectivity index (χ1v) is 21.9. The molecule has 0 N–H and O–H groups in total. The van der Waals surface area contributed by atoms with E-state index in [9.17, 15) is 9.59 Å². The molecule has 0 saturated heterocycles. The molecule has 0 radical (unpaired) electrons. The van der Waals surface area contributed by atoms with Gasteiger partial charge in [-0.15, -0.1) is 0 Å². The minimum absolute atomic E-state index is 0.278. The van der Waals surface area contributed by atoms with Crippen LogP contribution in [0.15, 0.2) is 127 Å². The van der Waals surface area contributed by atoms with Crippen molar-refractivity contribution in [1.82, 2.24) is 24.3 Å². The average molecular weight is 753 g/mol. The van der Waals surface area contributed by atoms with Gasteiger partial charge in [0.05, 0.1) is 54.9 Å². The Balaban J connectivity index is 1.24. The molecular weight excluding hydrogens is 709 g/mol. The first-order valence-electron chi connectivity index (χ1n) is 18.2. The standard InChI is InChI=1S/C43H44N6O5Si/c1-52-36-20-18-30(19-21-36)38-25-40(49(45-38)42(50)33-10-9-11-34(24-33)43(51)53-2)37-26-48(35-12-7-6-8-13-35)46-41(37)32-16-14-31(15-17-32)39-27-47(28-44-39)29-54-22-23-55(3,4)5/h6-21,24,26-28,40H,22-23,25,29H2,1-5H3. The van der Waals surface area contributed by atoms with Crippen LogP contribution in [0.5, 0.6) is 5.75 Å². The third-order valence-electron chi connectivity index (χ3n) is 9.52. The maximum absolute atomic E-state index is 14.4. The van der Waals surface area contributed by atoms with Gasteiger partial charge < -0.3 is 18.8 Å². The van der Waals surface area contributed by atoms with Crippen molar-refractivity contribution in [2.24, 2.45) is 5.10 Å².